The second kappa shape index (κ2) is 11.0. The molecule has 0 spiro atoms. The van der Waals surface area contributed by atoms with Gasteiger partial charge in [0.1, 0.15) is 11.9 Å². The van der Waals surface area contributed by atoms with Crippen LogP contribution in [0.4, 0.5) is 18.9 Å². The van der Waals surface area contributed by atoms with Gasteiger partial charge in [0.25, 0.3) is 5.91 Å². The molecule has 1 amide bonds. The Morgan fingerprint density at radius 2 is 1.86 bits per heavy atom. The number of carbonyl (C=O) groups is 1. The molecule has 36 heavy (non-hydrogen) atoms. The van der Waals surface area contributed by atoms with Crippen molar-refractivity contribution >= 4 is 35.4 Å². The molecule has 2 aliphatic heterocycles. The molecule has 194 valence electrons. The minimum atomic E-state index is -4.50. The van der Waals surface area contributed by atoms with Crippen molar-refractivity contribution in [3.05, 3.63) is 58.9 Å². The van der Waals surface area contributed by atoms with E-state index in [9.17, 15) is 23.1 Å². The molecule has 0 radical (unpaired) electrons. The van der Waals surface area contributed by atoms with E-state index in [1.165, 1.54) is 29.4 Å². The first-order chi connectivity index (χ1) is 17.0. The van der Waals surface area contributed by atoms with Crippen LogP contribution in [0.15, 0.2) is 52.7 Å². The lowest BCUT2D eigenvalue weighted by Crippen LogP contribution is -2.46. The molecule has 11 heteroatoms. The Kier molecular flexibility index (Phi) is 8.40. The summed E-state index contributed by atoms with van der Waals surface area (Å²) in [7, 11) is 0. The van der Waals surface area contributed by atoms with E-state index in [0.29, 0.717) is 12.1 Å². The molecule has 2 unspecified atom stereocenters. The third-order valence-corrected chi connectivity index (χ3v) is 6.14. The highest BCUT2D eigenvalue weighted by Gasteiger charge is 2.39. The number of nitrogens with zero attached hydrogens (tertiary/aromatic N) is 5. The molecule has 1 N–H and O–H groups in total. The molecule has 2 aromatic rings. The second-order valence-electron chi connectivity index (χ2n) is 8.85. The number of alkyl halides is 3. The first-order valence-corrected chi connectivity index (χ1v) is 12.0. The Balaban J connectivity index is 0.00000176. The van der Waals surface area contributed by atoms with E-state index in [1.54, 1.807) is 12.4 Å². The van der Waals surface area contributed by atoms with Crippen LogP contribution < -0.4 is 4.90 Å². The lowest BCUT2D eigenvalue weighted by Gasteiger charge is -2.33. The van der Waals surface area contributed by atoms with Crippen molar-refractivity contribution in [1.29, 1.82) is 0 Å². The van der Waals surface area contributed by atoms with Gasteiger partial charge in [-0.3, -0.25) is 24.7 Å². The molecule has 0 bridgehead atoms. The standard InChI is InChI=1S/C23H23ClF3N5O2.C2H6/c1-22(2)12-29-13-31(22)11-16(33)9-19-21(34)32(15-5-3-14(4-6-15)23(25,26)27)20(30-19)17-7-8-28-10-18(17)24;1-2/h3-8,10,13,16,19,33H,9,11-12H2,1-2H3;1-2H3. The number of anilines is 1. The third kappa shape index (κ3) is 5.87. The summed E-state index contributed by atoms with van der Waals surface area (Å²) >= 11 is 6.29. The number of aliphatic hydroxyl groups is 1. The van der Waals surface area contributed by atoms with E-state index >= 15 is 0 Å². The van der Waals surface area contributed by atoms with Crippen molar-refractivity contribution in [3.63, 3.8) is 0 Å². The number of benzene rings is 1. The molecule has 7 nitrogen and oxygen atoms in total. The maximum atomic E-state index is 13.4. The fraction of sp³-hybridized carbons (Fsp3) is 0.440. The lowest BCUT2D eigenvalue weighted by molar-refractivity contribution is -0.137. The highest BCUT2D eigenvalue weighted by molar-refractivity contribution is 6.37. The average molecular weight is 524 g/mol. The van der Waals surface area contributed by atoms with Crippen LogP contribution in [0.2, 0.25) is 5.02 Å². The number of rotatable bonds is 6. The summed E-state index contributed by atoms with van der Waals surface area (Å²) in [6, 6.07) is 4.89. The van der Waals surface area contributed by atoms with Gasteiger partial charge in [-0.15, -0.1) is 0 Å². The smallest absolute Gasteiger partial charge is 0.391 e. The van der Waals surface area contributed by atoms with Gasteiger partial charge < -0.3 is 10.0 Å². The summed E-state index contributed by atoms with van der Waals surface area (Å²) in [5.74, 6) is -0.270. The minimum Gasteiger partial charge on any atom is -0.391 e. The zero-order valence-corrected chi connectivity index (χ0v) is 21.3. The number of amides is 1. The predicted molar refractivity (Wildman–Crippen MR) is 135 cm³/mol. The van der Waals surface area contributed by atoms with Crippen molar-refractivity contribution in [1.82, 2.24) is 9.88 Å². The van der Waals surface area contributed by atoms with Crippen molar-refractivity contribution in [2.24, 2.45) is 9.98 Å². The number of carbonyl (C=O) groups excluding carboxylic acids is 1. The maximum Gasteiger partial charge on any atom is 0.416 e. The number of β-amino-alcohol motifs (C(OH)–C–C–N with tert-alkyl or cyclic N) is 1. The van der Waals surface area contributed by atoms with Gasteiger partial charge in [-0.25, -0.2) is 0 Å². The van der Waals surface area contributed by atoms with Crippen LogP contribution in [0.1, 0.15) is 45.2 Å². The zero-order chi connectivity index (χ0) is 26.7. The summed E-state index contributed by atoms with van der Waals surface area (Å²) in [5.41, 5.74) is -0.444. The zero-order valence-electron chi connectivity index (χ0n) is 20.5. The summed E-state index contributed by atoms with van der Waals surface area (Å²) in [4.78, 5) is 29.2. The van der Waals surface area contributed by atoms with Gasteiger partial charge in [0.05, 0.1) is 40.8 Å². The molecule has 2 atom stereocenters. The van der Waals surface area contributed by atoms with Crippen molar-refractivity contribution in [2.75, 3.05) is 18.0 Å². The van der Waals surface area contributed by atoms with Gasteiger partial charge in [-0.05, 0) is 44.2 Å². The fourth-order valence-electron chi connectivity index (χ4n) is 3.93. The second-order valence-corrected chi connectivity index (χ2v) is 9.26. The van der Waals surface area contributed by atoms with Gasteiger partial charge in [0.2, 0.25) is 0 Å². The SMILES string of the molecule is CC.CC1(C)CN=CN1CC(O)CC1N=C(c2ccncc2Cl)N(c2ccc(C(F)(F)F)cc2)C1=O. The molecule has 0 aliphatic carbocycles. The number of aliphatic hydroxyl groups excluding tert-OH is 1. The van der Waals surface area contributed by atoms with Crippen LogP contribution >= 0.6 is 11.6 Å². The molecular weight excluding hydrogens is 495 g/mol. The van der Waals surface area contributed by atoms with Gasteiger partial charge in [-0.2, -0.15) is 13.2 Å². The number of aliphatic imine (C=N–C) groups is 2. The first kappa shape index (κ1) is 27.6. The van der Waals surface area contributed by atoms with Crippen LogP contribution in [-0.4, -0.2) is 63.8 Å². The summed E-state index contributed by atoms with van der Waals surface area (Å²) in [6.07, 6.45) is -0.800. The lowest BCUT2D eigenvalue weighted by atomic mass is 10.0. The Morgan fingerprint density at radius 1 is 1.19 bits per heavy atom. The number of amidine groups is 1. The number of aromatic nitrogens is 1. The quantitative estimate of drug-likeness (QED) is 0.589. The number of hydrogen-bond donors (Lipinski definition) is 1. The van der Waals surface area contributed by atoms with Crippen LogP contribution in [-0.2, 0) is 11.0 Å². The molecule has 0 saturated carbocycles. The van der Waals surface area contributed by atoms with E-state index in [-0.39, 0.29) is 35.1 Å². The Labute approximate surface area is 213 Å². The summed E-state index contributed by atoms with van der Waals surface area (Å²) < 4.78 is 39.1. The monoisotopic (exact) mass is 523 g/mol. The molecule has 0 saturated heterocycles. The Bertz CT molecular complexity index is 1140. The molecular formula is C25H29ClF3N5O2. The third-order valence-electron chi connectivity index (χ3n) is 5.84. The van der Waals surface area contributed by atoms with Gasteiger partial charge >= 0.3 is 6.18 Å². The van der Waals surface area contributed by atoms with E-state index in [4.69, 9.17) is 11.6 Å². The first-order valence-electron chi connectivity index (χ1n) is 11.6. The molecule has 1 aromatic heterocycles. The van der Waals surface area contributed by atoms with Crippen molar-refractivity contribution < 1.29 is 23.1 Å². The molecule has 2 aliphatic rings. The topological polar surface area (TPSA) is 81.4 Å². The largest absolute Gasteiger partial charge is 0.416 e. The number of pyridine rings is 1. The molecule has 3 heterocycles. The summed E-state index contributed by atoms with van der Waals surface area (Å²) in [5, 5.41) is 10.9. The van der Waals surface area contributed by atoms with E-state index in [2.05, 4.69) is 15.0 Å². The van der Waals surface area contributed by atoms with Crippen molar-refractivity contribution in [2.45, 2.75) is 58.0 Å². The maximum absolute atomic E-state index is 13.4. The normalized spacial score (nSPS) is 19.8. The number of halogens is 4. The predicted octanol–water partition coefficient (Wildman–Crippen LogP) is 4.82. The van der Waals surface area contributed by atoms with Gasteiger partial charge in [0.15, 0.2) is 0 Å². The van der Waals surface area contributed by atoms with Gasteiger partial charge in [-0.1, -0.05) is 25.4 Å². The van der Waals surface area contributed by atoms with E-state index in [1.807, 2.05) is 32.6 Å². The number of hydrogen-bond acceptors (Lipinski definition) is 6. The Hall–Kier alpha value is -2.98. The van der Waals surface area contributed by atoms with Crippen LogP contribution in [0.25, 0.3) is 0 Å². The highest BCUT2D eigenvalue weighted by Crippen LogP contribution is 2.33. The van der Waals surface area contributed by atoms with Crippen LogP contribution in [0, 0.1) is 0 Å². The minimum absolute atomic E-state index is 0.0303. The Morgan fingerprint density at radius 3 is 2.42 bits per heavy atom. The van der Waals surface area contributed by atoms with Crippen LogP contribution in [0.3, 0.4) is 0 Å². The van der Waals surface area contributed by atoms with Gasteiger partial charge in [0, 0.05) is 30.9 Å². The molecule has 1 aromatic carbocycles. The summed E-state index contributed by atoms with van der Waals surface area (Å²) in [6.45, 7) is 8.87. The average Bonchev–Trinajstić information content (AvgIpc) is 3.33. The fourth-order valence-corrected chi connectivity index (χ4v) is 4.13. The van der Waals surface area contributed by atoms with Crippen LogP contribution in [0.5, 0.6) is 0 Å². The molecule has 4 rings (SSSR count). The van der Waals surface area contributed by atoms with E-state index in [0.717, 1.165) is 12.1 Å². The highest BCUT2D eigenvalue weighted by atomic mass is 35.5. The van der Waals surface area contributed by atoms with E-state index < -0.39 is 29.8 Å². The van der Waals surface area contributed by atoms with Crippen molar-refractivity contribution in [3.8, 4) is 0 Å². The molecule has 0 fully saturated rings.